The van der Waals surface area contributed by atoms with Crippen molar-refractivity contribution in [3.8, 4) is 0 Å². The van der Waals surface area contributed by atoms with E-state index in [4.69, 9.17) is 10.5 Å². The molecule has 2 N–H and O–H groups in total. The van der Waals surface area contributed by atoms with Crippen molar-refractivity contribution in [2.45, 2.75) is 18.9 Å². The molecular formula is C12H13NO2. The summed E-state index contributed by atoms with van der Waals surface area (Å²) in [7, 11) is 0. The normalized spacial score (nSPS) is 24.9. The zero-order valence-electron chi connectivity index (χ0n) is 8.57. The Bertz CT molecular complexity index is 411. The third-order valence-corrected chi connectivity index (χ3v) is 2.59. The average molecular weight is 203 g/mol. The summed E-state index contributed by atoms with van der Waals surface area (Å²) in [5.41, 5.74) is 6.68. The van der Waals surface area contributed by atoms with Crippen LogP contribution in [0.15, 0.2) is 42.1 Å². The summed E-state index contributed by atoms with van der Waals surface area (Å²) in [6.45, 7) is 1.83. The number of carbonyl (C=O) groups excluding carboxylic acids is 1. The molecule has 0 radical (unpaired) electrons. The highest BCUT2D eigenvalue weighted by atomic mass is 16.6. The van der Waals surface area contributed by atoms with Crippen LogP contribution in [-0.2, 0) is 16.0 Å². The first-order valence-electron chi connectivity index (χ1n) is 4.85. The Labute approximate surface area is 88.5 Å². The first kappa shape index (κ1) is 9.77. The standard InChI is InChI=1S/C12H13NO2/c1-12(10(13)7-11(14)15-12)8-9-5-3-2-4-6-9/h2-7H,8,13H2,1H3. The molecule has 2 rings (SSSR count). The zero-order valence-corrected chi connectivity index (χ0v) is 8.57. The topological polar surface area (TPSA) is 52.3 Å². The van der Waals surface area contributed by atoms with Crippen molar-refractivity contribution in [1.29, 1.82) is 0 Å². The minimum Gasteiger partial charge on any atom is -0.449 e. The second-order valence-electron chi connectivity index (χ2n) is 3.91. The summed E-state index contributed by atoms with van der Waals surface area (Å²) < 4.78 is 5.21. The highest BCUT2D eigenvalue weighted by Gasteiger charge is 2.37. The van der Waals surface area contributed by atoms with Gasteiger partial charge in [0.1, 0.15) is 0 Å². The third kappa shape index (κ3) is 1.86. The molecule has 1 aromatic rings. The Hall–Kier alpha value is -1.77. The molecule has 3 nitrogen and oxygen atoms in total. The second kappa shape index (κ2) is 3.42. The fourth-order valence-corrected chi connectivity index (χ4v) is 1.71. The number of esters is 1. The van der Waals surface area contributed by atoms with Crippen LogP contribution in [0.3, 0.4) is 0 Å². The van der Waals surface area contributed by atoms with Crippen LogP contribution in [0.4, 0.5) is 0 Å². The molecule has 0 saturated carbocycles. The van der Waals surface area contributed by atoms with E-state index < -0.39 is 5.60 Å². The number of ether oxygens (including phenoxy) is 1. The fraction of sp³-hybridized carbons (Fsp3) is 0.250. The molecule has 78 valence electrons. The van der Waals surface area contributed by atoms with Gasteiger partial charge in [-0.2, -0.15) is 0 Å². The van der Waals surface area contributed by atoms with Crippen molar-refractivity contribution in [1.82, 2.24) is 0 Å². The van der Waals surface area contributed by atoms with Crippen molar-refractivity contribution in [2.75, 3.05) is 0 Å². The average Bonchev–Trinajstić information content (AvgIpc) is 2.41. The van der Waals surface area contributed by atoms with Gasteiger partial charge in [-0.25, -0.2) is 4.79 Å². The largest absolute Gasteiger partial charge is 0.449 e. The first-order chi connectivity index (χ1) is 7.10. The molecule has 0 bridgehead atoms. The molecule has 0 fully saturated rings. The van der Waals surface area contributed by atoms with Gasteiger partial charge in [0.2, 0.25) is 0 Å². The number of hydrogen-bond acceptors (Lipinski definition) is 3. The Morgan fingerprint density at radius 3 is 2.53 bits per heavy atom. The van der Waals surface area contributed by atoms with Crippen LogP contribution < -0.4 is 5.73 Å². The van der Waals surface area contributed by atoms with E-state index in [-0.39, 0.29) is 5.97 Å². The van der Waals surface area contributed by atoms with Crippen molar-refractivity contribution in [3.63, 3.8) is 0 Å². The zero-order chi connectivity index (χ0) is 10.9. The number of benzene rings is 1. The van der Waals surface area contributed by atoms with E-state index in [1.165, 1.54) is 6.08 Å². The van der Waals surface area contributed by atoms with Crippen molar-refractivity contribution in [2.24, 2.45) is 5.73 Å². The first-order valence-corrected chi connectivity index (χ1v) is 4.85. The van der Waals surface area contributed by atoms with Crippen molar-refractivity contribution < 1.29 is 9.53 Å². The Kier molecular flexibility index (Phi) is 2.23. The lowest BCUT2D eigenvalue weighted by Crippen LogP contribution is -2.34. The van der Waals surface area contributed by atoms with Crippen LogP contribution in [0.25, 0.3) is 0 Å². The Balaban J connectivity index is 2.20. The van der Waals surface area contributed by atoms with E-state index >= 15 is 0 Å². The third-order valence-electron chi connectivity index (χ3n) is 2.59. The van der Waals surface area contributed by atoms with Crippen molar-refractivity contribution in [3.05, 3.63) is 47.7 Å². The van der Waals surface area contributed by atoms with Crippen molar-refractivity contribution >= 4 is 5.97 Å². The predicted molar refractivity (Wildman–Crippen MR) is 56.9 cm³/mol. The van der Waals surface area contributed by atoms with E-state index in [1.807, 2.05) is 37.3 Å². The lowest BCUT2D eigenvalue weighted by Gasteiger charge is -2.24. The van der Waals surface area contributed by atoms with Crippen LogP contribution in [0, 0.1) is 0 Å². The monoisotopic (exact) mass is 203 g/mol. The van der Waals surface area contributed by atoms with E-state index in [0.29, 0.717) is 12.1 Å². The number of rotatable bonds is 2. The second-order valence-corrected chi connectivity index (χ2v) is 3.91. The summed E-state index contributed by atoms with van der Waals surface area (Å²) in [4.78, 5) is 11.1. The SMILES string of the molecule is CC1(Cc2ccccc2)OC(=O)C=C1N. The van der Waals surface area contributed by atoms with Gasteiger partial charge in [-0.15, -0.1) is 0 Å². The summed E-state index contributed by atoms with van der Waals surface area (Å²) >= 11 is 0. The minimum absolute atomic E-state index is 0.356. The molecule has 0 aliphatic carbocycles. The number of hydrogen-bond donors (Lipinski definition) is 1. The summed E-state index contributed by atoms with van der Waals surface area (Å²) in [6.07, 6.45) is 1.96. The van der Waals surface area contributed by atoms with Crippen LogP contribution >= 0.6 is 0 Å². The molecule has 0 spiro atoms. The number of carbonyl (C=O) groups is 1. The maximum Gasteiger partial charge on any atom is 0.333 e. The minimum atomic E-state index is -0.682. The van der Waals surface area contributed by atoms with E-state index in [9.17, 15) is 4.79 Å². The Morgan fingerprint density at radius 1 is 1.33 bits per heavy atom. The molecule has 0 aromatic heterocycles. The van der Waals surface area contributed by atoms with Crippen LogP contribution in [0.5, 0.6) is 0 Å². The molecule has 1 aliphatic heterocycles. The molecule has 0 amide bonds. The maximum absolute atomic E-state index is 11.1. The van der Waals surface area contributed by atoms with Gasteiger partial charge in [-0.05, 0) is 12.5 Å². The molecular weight excluding hydrogens is 190 g/mol. The summed E-state index contributed by atoms with van der Waals surface area (Å²) in [5.74, 6) is -0.356. The van der Waals surface area contributed by atoms with Gasteiger partial charge in [-0.3, -0.25) is 0 Å². The lowest BCUT2D eigenvalue weighted by atomic mass is 9.94. The highest BCUT2D eigenvalue weighted by Crippen LogP contribution is 2.28. The lowest BCUT2D eigenvalue weighted by molar-refractivity contribution is -0.144. The van der Waals surface area contributed by atoms with Gasteiger partial charge in [0.05, 0.1) is 5.70 Å². The van der Waals surface area contributed by atoms with E-state index in [0.717, 1.165) is 5.56 Å². The molecule has 1 unspecified atom stereocenters. The molecule has 0 saturated heterocycles. The van der Waals surface area contributed by atoms with E-state index in [1.54, 1.807) is 0 Å². The van der Waals surface area contributed by atoms with Gasteiger partial charge in [0.15, 0.2) is 5.60 Å². The van der Waals surface area contributed by atoms with Gasteiger partial charge in [0.25, 0.3) is 0 Å². The van der Waals surface area contributed by atoms with Crippen LogP contribution in [0.1, 0.15) is 12.5 Å². The summed E-state index contributed by atoms with van der Waals surface area (Å²) in [6, 6.07) is 9.84. The molecule has 1 aromatic carbocycles. The molecule has 1 heterocycles. The maximum atomic E-state index is 11.1. The number of cyclic esters (lactones) is 1. The quantitative estimate of drug-likeness (QED) is 0.739. The fourth-order valence-electron chi connectivity index (χ4n) is 1.71. The van der Waals surface area contributed by atoms with E-state index in [2.05, 4.69) is 0 Å². The number of nitrogens with two attached hydrogens (primary N) is 1. The molecule has 3 heteroatoms. The van der Waals surface area contributed by atoms with Crippen LogP contribution in [0.2, 0.25) is 0 Å². The molecule has 1 atom stereocenters. The van der Waals surface area contributed by atoms with Gasteiger partial charge in [-0.1, -0.05) is 30.3 Å². The van der Waals surface area contributed by atoms with Crippen LogP contribution in [-0.4, -0.2) is 11.6 Å². The van der Waals surface area contributed by atoms with Gasteiger partial charge < -0.3 is 10.5 Å². The Morgan fingerprint density at radius 2 is 2.00 bits per heavy atom. The molecule has 1 aliphatic rings. The predicted octanol–water partition coefficient (Wildman–Crippen LogP) is 1.39. The smallest absolute Gasteiger partial charge is 0.333 e. The molecule has 15 heavy (non-hydrogen) atoms. The van der Waals surface area contributed by atoms with Gasteiger partial charge >= 0.3 is 5.97 Å². The van der Waals surface area contributed by atoms with Gasteiger partial charge in [0, 0.05) is 12.5 Å². The highest BCUT2D eigenvalue weighted by molar-refractivity contribution is 5.86. The summed E-state index contributed by atoms with van der Waals surface area (Å²) in [5, 5.41) is 0.